The minimum absolute atomic E-state index is 0.770. The molecule has 0 saturated heterocycles. The molecule has 0 aliphatic carbocycles. The summed E-state index contributed by atoms with van der Waals surface area (Å²) >= 11 is 3.36. The molecule has 0 radical (unpaired) electrons. The highest BCUT2D eigenvalue weighted by Crippen LogP contribution is 2.25. The van der Waals surface area contributed by atoms with Crippen LogP contribution in [0.4, 0.5) is 0 Å². The molecule has 12 heavy (non-hydrogen) atoms. The number of furan rings is 1. The maximum Gasteiger partial charge on any atom is 0.155 e. The van der Waals surface area contributed by atoms with Crippen LogP contribution in [0.3, 0.4) is 0 Å². The topological polar surface area (TPSA) is 41.8 Å². The monoisotopic (exact) mass is 226 g/mol. The number of halogens is 1. The number of imidazole rings is 1. The summed E-state index contributed by atoms with van der Waals surface area (Å²) in [4.78, 5) is 7.30. The Kier molecular flexibility index (Phi) is 1.77. The van der Waals surface area contributed by atoms with E-state index >= 15 is 0 Å². The van der Waals surface area contributed by atoms with Gasteiger partial charge in [-0.2, -0.15) is 0 Å². The zero-order valence-electron chi connectivity index (χ0n) is 6.47. The number of hydrogen-bond donors (Lipinski definition) is 1. The second-order valence-corrected chi connectivity index (χ2v) is 3.26. The van der Waals surface area contributed by atoms with Crippen LogP contribution < -0.4 is 0 Å². The van der Waals surface area contributed by atoms with E-state index in [1.807, 2.05) is 19.1 Å². The Labute approximate surface area is 77.9 Å². The fraction of sp³-hybridized carbons (Fsp3) is 0.125. The van der Waals surface area contributed by atoms with E-state index in [2.05, 4.69) is 25.9 Å². The predicted octanol–water partition coefficient (Wildman–Crippen LogP) is 2.74. The highest BCUT2D eigenvalue weighted by atomic mass is 79.9. The summed E-state index contributed by atoms with van der Waals surface area (Å²) in [6.07, 6.45) is 1.63. The molecular weight excluding hydrogens is 220 g/mol. The zero-order valence-corrected chi connectivity index (χ0v) is 8.05. The quantitative estimate of drug-likeness (QED) is 0.813. The summed E-state index contributed by atoms with van der Waals surface area (Å²) in [5.41, 5.74) is 0.817. The minimum Gasteiger partial charge on any atom is -0.463 e. The third kappa shape index (κ3) is 1.18. The molecule has 0 aromatic carbocycles. The molecule has 0 saturated carbocycles. The van der Waals surface area contributed by atoms with Crippen LogP contribution in [-0.4, -0.2) is 9.97 Å². The zero-order chi connectivity index (χ0) is 8.55. The van der Waals surface area contributed by atoms with Gasteiger partial charge in [0.2, 0.25) is 0 Å². The first kappa shape index (κ1) is 7.61. The predicted molar refractivity (Wildman–Crippen MR) is 48.7 cm³/mol. The van der Waals surface area contributed by atoms with Crippen LogP contribution >= 0.6 is 15.9 Å². The van der Waals surface area contributed by atoms with Crippen molar-refractivity contribution in [1.29, 1.82) is 0 Å². The van der Waals surface area contributed by atoms with Crippen molar-refractivity contribution in [1.82, 2.24) is 9.97 Å². The highest BCUT2D eigenvalue weighted by molar-refractivity contribution is 9.10. The summed E-state index contributed by atoms with van der Waals surface area (Å²) < 4.78 is 6.06. The fourth-order valence-electron chi connectivity index (χ4n) is 1.04. The summed E-state index contributed by atoms with van der Waals surface area (Å²) in [7, 11) is 0. The minimum atomic E-state index is 0.770. The first-order valence-corrected chi connectivity index (χ1v) is 4.32. The van der Waals surface area contributed by atoms with Gasteiger partial charge in [-0.05, 0) is 35.0 Å². The number of nitrogens with one attached hydrogen (secondary N) is 1. The van der Waals surface area contributed by atoms with E-state index in [0.717, 1.165) is 21.9 Å². The molecule has 0 bridgehead atoms. The summed E-state index contributed by atoms with van der Waals surface area (Å²) in [6, 6.07) is 3.71. The van der Waals surface area contributed by atoms with Gasteiger partial charge in [-0.15, -0.1) is 0 Å². The lowest BCUT2D eigenvalue weighted by molar-refractivity contribution is 0.580. The van der Waals surface area contributed by atoms with Crippen molar-refractivity contribution in [3.8, 4) is 11.5 Å². The van der Waals surface area contributed by atoms with Crippen molar-refractivity contribution < 1.29 is 4.42 Å². The Morgan fingerprint density at radius 1 is 1.58 bits per heavy atom. The van der Waals surface area contributed by atoms with Crippen molar-refractivity contribution in [2.75, 3.05) is 0 Å². The molecule has 2 aromatic heterocycles. The van der Waals surface area contributed by atoms with Crippen LogP contribution in [0.1, 0.15) is 5.82 Å². The van der Waals surface area contributed by atoms with Gasteiger partial charge in [-0.3, -0.25) is 0 Å². The van der Waals surface area contributed by atoms with Crippen LogP contribution in [0.25, 0.3) is 11.5 Å². The summed E-state index contributed by atoms with van der Waals surface area (Å²) in [5, 5.41) is 0. The molecule has 0 aliphatic rings. The Morgan fingerprint density at radius 3 is 2.92 bits per heavy atom. The number of hydrogen-bond acceptors (Lipinski definition) is 2. The molecule has 3 nitrogen and oxygen atoms in total. The Morgan fingerprint density at radius 2 is 2.42 bits per heavy atom. The molecular formula is C8H7BrN2O. The van der Waals surface area contributed by atoms with Crippen LogP contribution in [0.15, 0.2) is 27.4 Å². The fourth-order valence-corrected chi connectivity index (χ4v) is 1.61. The van der Waals surface area contributed by atoms with Crippen LogP contribution in [0.2, 0.25) is 0 Å². The summed E-state index contributed by atoms with van der Waals surface area (Å²) in [6.45, 7) is 1.90. The van der Waals surface area contributed by atoms with E-state index in [1.54, 1.807) is 6.26 Å². The lowest BCUT2D eigenvalue weighted by Gasteiger charge is -1.88. The van der Waals surface area contributed by atoms with Gasteiger partial charge in [0.1, 0.15) is 16.1 Å². The van der Waals surface area contributed by atoms with E-state index in [9.17, 15) is 0 Å². The molecule has 2 aromatic rings. The van der Waals surface area contributed by atoms with Crippen molar-refractivity contribution in [2.45, 2.75) is 6.92 Å². The average molecular weight is 227 g/mol. The molecule has 62 valence electrons. The molecule has 0 amide bonds. The highest BCUT2D eigenvalue weighted by Gasteiger charge is 2.09. The molecule has 0 aliphatic heterocycles. The Hall–Kier alpha value is -1.03. The van der Waals surface area contributed by atoms with Gasteiger partial charge in [-0.1, -0.05) is 0 Å². The van der Waals surface area contributed by atoms with Crippen molar-refractivity contribution >= 4 is 15.9 Å². The van der Waals surface area contributed by atoms with Gasteiger partial charge in [0.15, 0.2) is 5.76 Å². The number of nitrogens with zero attached hydrogens (tertiary/aromatic N) is 1. The number of H-pyrrole nitrogens is 1. The molecule has 4 heteroatoms. The maximum atomic E-state index is 5.20. The van der Waals surface area contributed by atoms with Gasteiger partial charge in [0.05, 0.1) is 6.26 Å². The number of aromatic nitrogens is 2. The molecule has 1 N–H and O–H groups in total. The Bertz CT molecular complexity index is 378. The molecule has 0 fully saturated rings. The van der Waals surface area contributed by atoms with Gasteiger partial charge in [0, 0.05) is 0 Å². The summed E-state index contributed by atoms with van der Waals surface area (Å²) in [5.74, 6) is 1.64. The van der Waals surface area contributed by atoms with E-state index < -0.39 is 0 Å². The van der Waals surface area contributed by atoms with Crippen molar-refractivity contribution in [2.24, 2.45) is 0 Å². The van der Waals surface area contributed by atoms with Gasteiger partial charge in [0.25, 0.3) is 0 Å². The number of rotatable bonds is 1. The largest absolute Gasteiger partial charge is 0.463 e. The molecule has 0 atom stereocenters. The third-order valence-corrected chi connectivity index (χ3v) is 2.11. The van der Waals surface area contributed by atoms with E-state index in [1.165, 1.54) is 0 Å². The van der Waals surface area contributed by atoms with E-state index in [0.29, 0.717) is 0 Å². The molecule has 0 spiro atoms. The molecule has 2 heterocycles. The van der Waals surface area contributed by atoms with Crippen LogP contribution in [0.5, 0.6) is 0 Å². The SMILES string of the molecule is Cc1nc(-c2ccco2)c(Br)[nH]1. The smallest absolute Gasteiger partial charge is 0.155 e. The van der Waals surface area contributed by atoms with Gasteiger partial charge < -0.3 is 9.40 Å². The number of aryl methyl sites for hydroxylation is 1. The van der Waals surface area contributed by atoms with Crippen LogP contribution in [0, 0.1) is 6.92 Å². The standard InChI is InChI=1S/C8H7BrN2O/c1-5-10-7(8(9)11-5)6-3-2-4-12-6/h2-4H,1H3,(H,10,11). The second kappa shape index (κ2) is 2.79. The first-order chi connectivity index (χ1) is 5.77. The molecule has 0 unspecified atom stereocenters. The maximum absolute atomic E-state index is 5.20. The van der Waals surface area contributed by atoms with E-state index in [-0.39, 0.29) is 0 Å². The van der Waals surface area contributed by atoms with Gasteiger partial charge >= 0.3 is 0 Å². The number of aromatic amines is 1. The van der Waals surface area contributed by atoms with Gasteiger partial charge in [-0.25, -0.2) is 4.98 Å². The van der Waals surface area contributed by atoms with Crippen LogP contribution in [-0.2, 0) is 0 Å². The third-order valence-electron chi connectivity index (χ3n) is 1.53. The lowest BCUT2D eigenvalue weighted by atomic mass is 10.4. The first-order valence-electron chi connectivity index (χ1n) is 3.53. The lowest BCUT2D eigenvalue weighted by Crippen LogP contribution is -1.73. The Balaban J connectivity index is 2.54. The molecule has 2 rings (SSSR count). The normalized spacial score (nSPS) is 10.5. The average Bonchev–Trinajstić information content (AvgIpc) is 2.58. The van der Waals surface area contributed by atoms with E-state index in [4.69, 9.17) is 4.42 Å². The van der Waals surface area contributed by atoms with Crippen molar-refractivity contribution in [3.63, 3.8) is 0 Å². The second-order valence-electron chi connectivity index (χ2n) is 2.46. The van der Waals surface area contributed by atoms with Crippen molar-refractivity contribution in [3.05, 3.63) is 28.8 Å².